The summed E-state index contributed by atoms with van der Waals surface area (Å²) in [5, 5.41) is 2.97. The zero-order valence-electron chi connectivity index (χ0n) is 11.3. The minimum absolute atomic E-state index is 0.0597. The third-order valence-electron chi connectivity index (χ3n) is 3.53. The van der Waals surface area contributed by atoms with Crippen molar-refractivity contribution in [3.63, 3.8) is 0 Å². The van der Waals surface area contributed by atoms with Gasteiger partial charge in [0.15, 0.2) is 0 Å². The highest BCUT2D eigenvalue weighted by molar-refractivity contribution is 5.94. The van der Waals surface area contributed by atoms with Crippen molar-refractivity contribution >= 4 is 11.8 Å². The summed E-state index contributed by atoms with van der Waals surface area (Å²) in [5.74, 6) is -0.135. The molecule has 2 amide bonds. The van der Waals surface area contributed by atoms with E-state index in [0.717, 1.165) is 19.3 Å². The molecular weight excluding hydrogens is 242 g/mol. The SMILES string of the molecule is CN(C)C(=O)[C@H]1CCC[C@H]1NC(=O)c1ccncc1. The number of pyridine rings is 1. The van der Waals surface area contributed by atoms with Crippen LogP contribution in [-0.4, -0.2) is 41.8 Å². The van der Waals surface area contributed by atoms with Gasteiger partial charge in [0.2, 0.25) is 5.91 Å². The Morgan fingerprint density at radius 3 is 2.58 bits per heavy atom. The summed E-state index contributed by atoms with van der Waals surface area (Å²) in [7, 11) is 3.50. The fourth-order valence-corrected chi connectivity index (χ4v) is 2.52. The lowest BCUT2D eigenvalue weighted by Crippen LogP contribution is -2.43. The largest absolute Gasteiger partial charge is 0.349 e. The van der Waals surface area contributed by atoms with E-state index < -0.39 is 0 Å². The minimum Gasteiger partial charge on any atom is -0.349 e. The van der Waals surface area contributed by atoms with Crippen LogP contribution in [0, 0.1) is 5.92 Å². The van der Waals surface area contributed by atoms with Gasteiger partial charge in [0.1, 0.15) is 0 Å². The Hall–Kier alpha value is -1.91. The van der Waals surface area contributed by atoms with Crippen molar-refractivity contribution in [1.29, 1.82) is 0 Å². The molecule has 1 fully saturated rings. The molecule has 2 rings (SSSR count). The van der Waals surface area contributed by atoms with Crippen LogP contribution in [-0.2, 0) is 4.79 Å². The van der Waals surface area contributed by atoms with Crippen LogP contribution >= 0.6 is 0 Å². The molecule has 1 saturated carbocycles. The van der Waals surface area contributed by atoms with Crippen molar-refractivity contribution in [2.75, 3.05) is 14.1 Å². The Kier molecular flexibility index (Phi) is 4.14. The smallest absolute Gasteiger partial charge is 0.251 e. The first-order chi connectivity index (χ1) is 9.09. The molecule has 0 unspecified atom stereocenters. The Morgan fingerprint density at radius 2 is 1.95 bits per heavy atom. The molecule has 5 heteroatoms. The maximum absolute atomic E-state index is 12.1. The summed E-state index contributed by atoms with van der Waals surface area (Å²) in [6.45, 7) is 0. The number of rotatable bonds is 3. The highest BCUT2D eigenvalue weighted by Crippen LogP contribution is 2.27. The van der Waals surface area contributed by atoms with Crippen LogP contribution in [0.3, 0.4) is 0 Å². The molecule has 1 heterocycles. The number of hydrogen-bond acceptors (Lipinski definition) is 3. The van der Waals surface area contributed by atoms with Gasteiger partial charge in [0.05, 0.1) is 5.92 Å². The first-order valence-electron chi connectivity index (χ1n) is 6.51. The molecule has 0 bridgehead atoms. The lowest BCUT2D eigenvalue weighted by molar-refractivity contribution is -0.133. The third kappa shape index (κ3) is 3.10. The molecule has 5 nitrogen and oxygen atoms in total. The predicted octanol–water partition coefficient (Wildman–Crippen LogP) is 1.07. The molecule has 1 aliphatic rings. The van der Waals surface area contributed by atoms with E-state index in [2.05, 4.69) is 10.3 Å². The van der Waals surface area contributed by atoms with Gasteiger partial charge >= 0.3 is 0 Å². The normalized spacial score (nSPS) is 22.0. The second-order valence-electron chi connectivity index (χ2n) is 5.09. The van der Waals surface area contributed by atoms with E-state index in [1.165, 1.54) is 0 Å². The highest BCUT2D eigenvalue weighted by Gasteiger charge is 2.34. The minimum atomic E-state index is -0.133. The van der Waals surface area contributed by atoms with Gasteiger partial charge in [-0.1, -0.05) is 6.42 Å². The molecular formula is C14H19N3O2. The molecule has 0 aliphatic heterocycles. The Bertz CT molecular complexity index is 459. The fourth-order valence-electron chi connectivity index (χ4n) is 2.52. The number of nitrogens with one attached hydrogen (secondary N) is 1. The summed E-state index contributed by atoms with van der Waals surface area (Å²) < 4.78 is 0. The first-order valence-corrected chi connectivity index (χ1v) is 6.51. The van der Waals surface area contributed by atoms with Crippen LogP contribution in [0.2, 0.25) is 0 Å². The number of amides is 2. The van der Waals surface area contributed by atoms with Gasteiger partial charge in [-0.2, -0.15) is 0 Å². The molecule has 0 radical (unpaired) electrons. The van der Waals surface area contributed by atoms with Crippen LogP contribution in [0.5, 0.6) is 0 Å². The average Bonchev–Trinajstić information content (AvgIpc) is 2.86. The van der Waals surface area contributed by atoms with Crippen LogP contribution in [0.4, 0.5) is 0 Å². The molecule has 0 spiro atoms. The Labute approximate surface area is 113 Å². The van der Waals surface area contributed by atoms with Crippen molar-refractivity contribution in [1.82, 2.24) is 15.2 Å². The number of nitrogens with zero attached hydrogens (tertiary/aromatic N) is 2. The van der Waals surface area contributed by atoms with Crippen molar-refractivity contribution in [2.24, 2.45) is 5.92 Å². The third-order valence-corrected chi connectivity index (χ3v) is 3.53. The maximum atomic E-state index is 12.1. The van der Waals surface area contributed by atoms with Crippen molar-refractivity contribution in [2.45, 2.75) is 25.3 Å². The topological polar surface area (TPSA) is 62.3 Å². The Morgan fingerprint density at radius 1 is 1.26 bits per heavy atom. The summed E-state index contributed by atoms with van der Waals surface area (Å²) in [6, 6.07) is 3.29. The van der Waals surface area contributed by atoms with E-state index in [0.29, 0.717) is 5.56 Å². The fraction of sp³-hybridized carbons (Fsp3) is 0.500. The van der Waals surface area contributed by atoms with E-state index in [1.54, 1.807) is 43.5 Å². The first kappa shape index (κ1) is 13.5. The molecule has 19 heavy (non-hydrogen) atoms. The molecule has 1 aliphatic carbocycles. The summed E-state index contributed by atoms with van der Waals surface area (Å²) >= 11 is 0. The van der Waals surface area contributed by atoms with Crippen molar-refractivity contribution in [3.8, 4) is 0 Å². The molecule has 1 aromatic heterocycles. The average molecular weight is 261 g/mol. The van der Waals surface area contributed by atoms with Gasteiger partial charge in [-0.3, -0.25) is 14.6 Å². The van der Waals surface area contributed by atoms with Gasteiger partial charge in [-0.15, -0.1) is 0 Å². The van der Waals surface area contributed by atoms with E-state index in [1.807, 2.05) is 0 Å². The van der Waals surface area contributed by atoms with Crippen molar-refractivity contribution in [3.05, 3.63) is 30.1 Å². The predicted molar refractivity (Wildman–Crippen MR) is 71.5 cm³/mol. The van der Waals surface area contributed by atoms with Crippen LogP contribution in [0.25, 0.3) is 0 Å². The Balaban J connectivity index is 2.02. The second kappa shape index (κ2) is 5.82. The van der Waals surface area contributed by atoms with E-state index in [9.17, 15) is 9.59 Å². The van der Waals surface area contributed by atoms with Gasteiger partial charge in [0, 0.05) is 38.1 Å². The monoisotopic (exact) mass is 261 g/mol. The van der Waals surface area contributed by atoms with E-state index in [4.69, 9.17) is 0 Å². The van der Waals surface area contributed by atoms with Gasteiger partial charge < -0.3 is 10.2 Å². The number of aromatic nitrogens is 1. The van der Waals surface area contributed by atoms with E-state index >= 15 is 0 Å². The standard InChI is InChI=1S/C14H19N3O2/c1-17(2)14(19)11-4-3-5-12(11)16-13(18)10-6-8-15-9-7-10/h6-9,11-12H,3-5H2,1-2H3,(H,16,18)/t11-,12+/m0/s1. The summed E-state index contributed by atoms with van der Waals surface area (Å²) in [4.78, 5) is 29.6. The molecule has 2 atom stereocenters. The molecule has 1 aromatic rings. The van der Waals surface area contributed by atoms with Gasteiger partial charge in [-0.05, 0) is 25.0 Å². The van der Waals surface area contributed by atoms with E-state index in [-0.39, 0.29) is 23.8 Å². The second-order valence-corrected chi connectivity index (χ2v) is 5.09. The lowest BCUT2D eigenvalue weighted by Gasteiger charge is -2.23. The van der Waals surface area contributed by atoms with Gasteiger partial charge in [0.25, 0.3) is 5.91 Å². The number of carbonyl (C=O) groups is 2. The van der Waals surface area contributed by atoms with Crippen LogP contribution in [0.1, 0.15) is 29.6 Å². The summed E-state index contributed by atoms with van der Waals surface area (Å²) in [6.07, 6.45) is 5.86. The molecule has 102 valence electrons. The van der Waals surface area contributed by atoms with Crippen molar-refractivity contribution < 1.29 is 9.59 Å². The highest BCUT2D eigenvalue weighted by atomic mass is 16.2. The maximum Gasteiger partial charge on any atom is 0.251 e. The lowest BCUT2D eigenvalue weighted by atomic mass is 10.0. The molecule has 1 N–H and O–H groups in total. The van der Waals surface area contributed by atoms with Crippen LogP contribution in [0.15, 0.2) is 24.5 Å². The number of hydrogen-bond donors (Lipinski definition) is 1. The quantitative estimate of drug-likeness (QED) is 0.885. The van der Waals surface area contributed by atoms with Crippen LogP contribution < -0.4 is 5.32 Å². The zero-order valence-corrected chi connectivity index (χ0v) is 11.3. The number of carbonyl (C=O) groups excluding carboxylic acids is 2. The summed E-state index contributed by atoms with van der Waals surface area (Å²) in [5.41, 5.74) is 0.581. The zero-order chi connectivity index (χ0) is 13.8. The molecule has 0 saturated heterocycles. The molecule has 0 aromatic carbocycles. The van der Waals surface area contributed by atoms with Gasteiger partial charge in [-0.25, -0.2) is 0 Å².